The standard InChI is InChI=1S/C11H13F2NO2/c1-3-4-14-10-5-7(11(15)16-2)8(12)6-9(10)13/h5-6,14H,3-4H2,1-2H3. The number of benzene rings is 1. The van der Waals surface area contributed by atoms with Crippen molar-refractivity contribution in [2.24, 2.45) is 0 Å². The van der Waals surface area contributed by atoms with Crippen molar-refractivity contribution in [3.05, 3.63) is 29.3 Å². The van der Waals surface area contributed by atoms with E-state index >= 15 is 0 Å². The van der Waals surface area contributed by atoms with Crippen LogP contribution in [0.1, 0.15) is 23.7 Å². The number of ether oxygens (including phenoxy) is 1. The molecular formula is C11H13F2NO2. The second-order valence-electron chi connectivity index (χ2n) is 3.23. The van der Waals surface area contributed by atoms with Crippen LogP contribution in [-0.4, -0.2) is 19.6 Å². The van der Waals surface area contributed by atoms with Gasteiger partial charge < -0.3 is 10.1 Å². The van der Waals surface area contributed by atoms with Crippen LogP contribution in [0.4, 0.5) is 14.5 Å². The molecule has 0 amide bonds. The van der Waals surface area contributed by atoms with Crippen molar-refractivity contribution in [1.82, 2.24) is 0 Å². The fraction of sp³-hybridized carbons (Fsp3) is 0.364. The number of esters is 1. The Morgan fingerprint density at radius 2 is 2.06 bits per heavy atom. The second kappa shape index (κ2) is 5.44. The molecule has 0 unspecified atom stereocenters. The lowest BCUT2D eigenvalue weighted by atomic mass is 10.1. The van der Waals surface area contributed by atoms with Crippen molar-refractivity contribution < 1.29 is 18.3 Å². The molecule has 0 heterocycles. The van der Waals surface area contributed by atoms with E-state index in [4.69, 9.17) is 0 Å². The van der Waals surface area contributed by atoms with Crippen LogP contribution in [0, 0.1) is 11.6 Å². The van der Waals surface area contributed by atoms with Gasteiger partial charge in [-0.05, 0) is 12.5 Å². The first-order valence-corrected chi connectivity index (χ1v) is 4.91. The molecule has 0 fully saturated rings. The number of carbonyl (C=O) groups excluding carboxylic acids is 1. The van der Waals surface area contributed by atoms with Crippen molar-refractivity contribution in [2.75, 3.05) is 19.0 Å². The molecule has 0 aliphatic rings. The molecule has 5 heteroatoms. The van der Waals surface area contributed by atoms with Gasteiger partial charge in [-0.2, -0.15) is 0 Å². The van der Waals surface area contributed by atoms with Crippen LogP contribution >= 0.6 is 0 Å². The Morgan fingerprint density at radius 1 is 1.38 bits per heavy atom. The van der Waals surface area contributed by atoms with Crippen LogP contribution in [0.3, 0.4) is 0 Å². The number of anilines is 1. The van der Waals surface area contributed by atoms with E-state index in [0.717, 1.165) is 19.6 Å². The Kier molecular flexibility index (Phi) is 4.22. The zero-order valence-electron chi connectivity index (χ0n) is 9.14. The second-order valence-corrected chi connectivity index (χ2v) is 3.23. The minimum atomic E-state index is -0.925. The van der Waals surface area contributed by atoms with Crippen molar-refractivity contribution >= 4 is 11.7 Å². The summed E-state index contributed by atoms with van der Waals surface area (Å²) in [5.74, 6) is -2.47. The number of nitrogens with one attached hydrogen (secondary N) is 1. The Hall–Kier alpha value is -1.65. The Bertz CT molecular complexity index is 394. The molecule has 0 spiro atoms. The molecule has 0 aliphatic carbocycles. The minimum absolute atomic E-state index is 0.101. The van der Waals surface area contributed by atoms with E-state index in [9.17, 15) is 13.6 Å². The molecule has 0 saturated carbocycles. The quantitative estimate of drug-likeness (QED) is 0.806. The fourth-order valence-corrected chi connectivity index (χ4v) is 1.21. The molecule has 1 rings (SSSR count). The van der Waals surface area contributed by atoms with E-state index in [2.05, 4.69) is 10.1 Å². The van der Waals surface area contributed by atoms with E-state index in [1.165, 1.54) is 0 Å². The van der Waals surface area contributed by atoms with E-state index in [1.54, 1.807) is 0 Å². The first-order valence-electron chi connectivity index (χ1n) is 4.91. The average Bonchev–Trinajstić information content (AvgIpc) is 2.27. The molecule has 0 atom stereocenters. The number of methoxy groups -OCH3 is 1. The van der Waals surface area contributed by atoms with Gasteiger partial charge in [0.15, 0.2) is 0 Å². The van der Waals surface area contributed by atoms with Crippen LogP contribution in [0.25, 0.3) is 0 Å². The summed E-state index contributed by atoms with van der Waals surface area (Å²) in [6.07, 6.45) is 0.796. The van der Waals surface area contributed by atoms with Crippen molar-refractivity contribution in [1.29, 1.82) is 0 Å². The smallest absolute Gasteiger partial charge is 0.340 e. The molecule has 0 saturated heterocycles. The monoisotopic (exact) mass is 229 g/mol. The third-order valence-corrected chi connectivity index (χ3v) is 2.03. The van der Waals surface area contributed by atoms with E-state index in [0.29, 0.717) is 12.6 Å². The Morgan fingerprint density at radius 3 is 2.62 bits per heavy atom. The normalized spacial score (nSPS) is 10.0. The maximum absolute atomic E-state index is 13.3. The number of rotatable bonds is 4. The highest BCUT2D eigenvalue weighted by atomic mass is 19.1. The van der Waals surface area contributed by atoms with Crippen LogP contribution in [-0.2, 0) is 4.74 Å². The summed E-state index contributed by atoms with van der Waals surface area (Å²) in [5, 5.41) is 2.76. The first kappa shape index (κ1) is 12.4. The summed E-state index contributed by atoms with van der Waals surface area (Å²) in [6.45, 7) is 2.46. The third kappa shape index (κ3) is 2.68. The lowest BCUT2D eigenvalue weighted by Crippen LogP contribution is -2.08. The summed E-state index contributed by atoms with van der Waals surface area (Å²) in [6, 6.07) is 1.79. The SMILES string of the molecule is CCCNc1cc(C(=O)OC)c(F)cc1F. The minimum Gasteiger partial charge on any atom is -0.465 e. The molecule has 1 N–H and O–H groups in total. The lowest BCUT2D eigenvalue weighted by Gasteiger charge is -2.08. The van der Waals surface area contributed by atoms with Crippen molar-refractivity contribution in [2.45, 2.75) is 13.3 Å². The lowest BCUT2D eigenvalue weighted by molar-refractivity contribution is 0.0595. The Balaban J connectivity index is 3.06. The van der Waals surface area contributed by atoms with Gasteiger partial charge in [-0.25, -0.2) is 13.6 Å². The van der Waals surface area contributed by atoms with E-state index in [-0.39, 0.29) is 11.3 Å². The van der Waals surface area contributed by atoms with Crippen molar-refractivity contribution in [3.63, 3.8) is 0 Å². The number of hydrogen-bond acceptors (Lipinski definition) is 3. The average molecular weight is 229 g/mol. The maximum atomic E-state index is 13.3. The molecule has 88 valence electrons. The Labute approximate surface area is 92.4 Å². The van der Waals surface area contributed by atoms with E-state index < -0.39 is 17.6 Å². The summed E-state index contributed by atoms with van der Waals surface area (Å²) in [5.41, 5.74) is -0.175. The van der Waals surface area contributed by atoms with Gasteiger partial charge in [0.1, 0.15) is 11.6 Å². The first-order chi connectivity index (χ1) is 7.60. The zero-order chi connectivity index (χ0) is 12.1. The number of hydrogen-bond donors (Lipinski definition) is 1. The van der Waals surface area contributed by atoms with E-state index in [1.807, 2.05) is 6.92 Å². The largest absolute Gasteiger partial charge is 0.465 e. The van der Waals surface area contributed by atoms with Crippen LogP contribution in [0.15, 0.2) is 12.1 Å². The highest BCUT2D eigenvalue weighted by Crippen LogP contribution is 2.20. The fourth-order valence-electron chi connectivity index (χ4n) is 1.21. The van der Waals surface area contributed by atoms with Crippen molar-refractivity contribution in [3.8, 4) is 0 Å². The predicted molar refractivity (Wildman–Crippen MR) is 56.5 cm³/mol. The molecule has 0 bridgehead atoms. The summed E-state index contributed by atoms with van der Waals surface area (Å²) < 4.78 is 30.9. The highest BCUT2D eigenvalue weighted by molar-refractivity contribution is 5.90. The van der Waals surface area contributed by atoms with Gasteiger partial charge in [-0.1, -0.05) is 6.92 Å². The van der Waals surface area contributed by atoms with Gasteiger partial charge in [-0.3, -0.25) is 0 Å². The molecule has 16 heavy (non-hydrogen) atoms. The molecular weight excluding hydrogens is 216 g/mol. The van der Waals surface area contributed by atoms with Gasteiger partial charge in [0, 0.05) is 12.6 Å². The molecule has 0 radical (unpaired) electrons. The molecule has 3 nitrogen and oxygen atoms in total. The summed E-state index contributed by atoms with van der Waals surface area (Å²) in [4.78, 5) is 11.2. The summed E-state index contributed by atoms with van der Waals surface area (Å²) >= 11 is 0. The predicted octanol–water partition coefficient (Wildman–Crippen LogP) is 2.57. The van der Waals surface area contributed by atoms with Gasteiger partial charge in [-0.15, -0.1) is 0 Å². The number of halogens is 2. The van der Waals surface area contributed by atoms with Gasteiger partial charge in [0.25, 0.3) is 0 Å². The van der Waals surface area contributed by atoms with Crippen LogP contribution < -0.4 is 5.32 Å². The van der Waals surface area contributed by atoms with Gasteiger partial charge >= 0.3 is 5.97 Å². The molecule has 1 aromatic rings. The summed E-state index contributed by atoms with van der Waals surface area (Å²) in [7, 11) is 1.14. The molecule has 0 aromatic heterocycles. The maximum Gasteiger partial charge on any atom is 0.340 e. The molecule has 1 aromatic carbocycles. The zero-order valence-corrected chi connectivity index (χ0v) is 9.14. The highest BCUT2D eigenvalue weighted by Gasteiger charge is 2.16. The van der Waals surface area contributed by atoms with Gasteiger partial charge in [0.05, 0.1) is 18.4 Å². The van der Waals surface area contributed by atoms with Gasteiger partial charge in [0.2, 0.25) is 0 Å². The van der Waals surface area contributed by atoms with Crippen LogP contribution in [0.5, 0.6) is 0 Å². The number of carbonyl (C=O) groups is 1. The van der Waals surface area contributed by atoms with Crippen LogP contribution in [0.2, 0.25) is 0 Å². The molecule has 0 aliphatic heterocycles. The topological polar surface area (TPSA) is 38.3 Å². The third-order valence-electron chi connectivity index (χ3n) is 2.03.